The number of benzene rings is 1. The number of hydrogen-bond donors (Lipinski definition) is 1. The molecule has 0 unspecified atom stereocenters. The maximum Gasteiger partial charge on any atom is 0.137 e. The molecule has 1 aromatic carbocycles. The fourth-order valence-corrected chi connectivity index (χ4v) is 2.21. The van der Waals surface area contributed by atoms with Crippen molar-refractivity contribution in [1.82, 2.24) is 24.6 Å². The molecule has 2 aromatic heterocycles. The third-order valence-electron chi connectivity index (χ3n) is 3.16. The average Bonchev–Trinajstić information content (AvgIpc) is 3.13. The fraction of sp³-hybridized carbons (Fsp3) is 0.333. The minimum Gasteiger partial charge on any atom is -0.358 e. The maximum absolute atomic E-state index is 7.42. The van der Waals surface area contributed by atoms with Crippen LogP contribution in [0.5, 0.6) is 0 Å². The molecule has 3 rings (SSSR count). The highest BCUT2D eigenvalue weighted by atomic mass is 15.3. The van der Waals surface area contributed by atoms with E-state index in [9.17, 15) is 0 Å². The first-order chi connectivity index (χ1) is 12.1. The molecule has 0 amide bonds. The highest BCUT2D eigenvalue weighted by Gasteiger charge is 2.03. The van der Waals surface area contributed by atoms with Crippen molar-refractivity contribution >= 4 is 10.9 Å². The van der Waals surface area contributed by atoms with Gasteiger partial charge in [0.2, 0.25) is 0 Å². The van der Waals surface area contributed by atoms with Crippen LogP contribution in [0.3, 0.4) is 0 Å². The highest BCUT2D eigenvalue weighted by molar-refractivity contribution is 5.81. The predicted molar refractivity (Wildman–Crippen MR) is 79.7 cm³/mol. The first-order valence-electron chi connectivity index (χ1n) is 9.33. The second-order valence-electron chi connectivity index (χ2n) is 4.71. The van der Waals surface area contributed by atoms with E-state index >= 15 is 0 Å². The summed E-state index contributed by atoms with van der Waals surface area (Å²) < 4.78 is 46.2. The van der Waals surface area contributed by atoms with Gasteiger partial charge in [-0.2, -0.15) is 5.10 Å². The summed E-state index contributed by atoms with van der Waals surface area (Å²) in [6, 6.07) is 7.84. The van der Waals surface area contributed by atoms with Crippen LogP contribution in [0.1, 0.15) is 19.5 Å². The third kappa shape index (κ3) is 2.88. The van der Waals surface area contributed by atoms with Crippen molar-refractivity contribution < 1.29 is 8.22 Å². The summed E-state index contributed by atoms with van der Waals surface area (Å²) in [5, 5.41) is 5.06. The Bertz CT molecular complexity index is 851. The van der Waals surface area contributed by atoms with Gasteiger partial charge < -0.3 is 9.88 Å². The molecular weight excluding hydrogens is 250 g/mol. The number of aromatic nitrogens is 4. The van der Waals surface area contributed by atoms with E-state index in [2.05, 4.69) is 15.1 Å². The molecule has 104 valence electrons. The van der Waals surface area contributed by atoms with Crippen LogP contribution in [0, 0.1) is 0 Å². The second-order valence-corrected chi connectivity index (χ2v) is 4.71. The summed E-state index contributed by atoms with van der Waals surface area (Å²) in [6.45, 7) is -4.82. The summed E-state index contributed by atoms with van der Waals surface area (Å²) in [5.41, 5.74) is 2.76. The lowest BCUT2D eigenvalue weighted by Gasteiger charge is -2.07. The summed E-state index contributed by atoms with van der Waals surface area (Å²) in [6.07, 6.45) is 3.42. The van der Waals surface area contributed by atoms with Crippen LogP contribution in [-0.2, 0) is 13.0 Å². The van der Waals surface area contributed by atoms with Crippen molar-refractivity contribution in [1.29, 1.82) is 0 Å². The van der Waals surface area contributed by atoms with E-state index < -0.39 is 14.0 Å². The van der Waals surface area contributed by atoms with Crippen molar-refractivity contribution in [2.75, 3.05) is 20.5 Å². The zero-order chi connectivity index (χ0) is 18.9. The lowest BCUT2D eigenvalue weighted by Crippen LogP contribution is -2.15. The smallest absolute Gasteiger partial charge is 0.137 e. The number of fused-ring (bicyclic) bond motifs is 1. The fourth-order valence-electron chi connectivity index (χ4n) is 2.21. The Hall–Kier alpha value is -2.14. The Labute approximate surface area is 126 Å². The topological polar surface area (TPSA) is 49.7 Å². The largest absolute Gasteiger partial charge is 0.358 e. The van der Waals surface area contributed by atoms with E-state index in [0.717, 1.165) is 22.2 Å². The van der Waals surface area contributed by atoms with E-state index in [-0.39, 0.29) is 6.54 Å². The SMILES string of the molecule is [2H]C([2H])([2H])N(CCc1cc2cc(Cn3cncn3)ccc2[nH]1)C([2H])([2H])[2H]. The van der Waals surface area contributed by atoms with Crippen LogP contribution in [-0.4, -0.2) is 45.1 Å². The van der Waals surface area contributed by atoms with E-state index in [4.69, 9.17) is 8.22 Å². The molecule has 0 aliphatic rings. The van der Waals surface area contributed by atoms with Gasteiger partial charge in [-0.1, -0.05) is 6.07 Å². The second kappa shape index (κ2) is 5.46. The van der Waals surface area contributed by atoms with Gasteiger partial charge in [0.15, 0.2) is 0 Å². The third-order valence-corrected chi connectivity index (χ3v) is 3.16. The van der Waals surface area contributed by atoms with Gasteiger partial charge in [0.25, 0.3) is 0 Å². The molecular formula is C15H19N5. The first-order valence-corrected chi connectivity index (χ1v) is 6.33. The van der Waals surface area contributed by atoms with Crippen LogP contribution in [0.25, 0.3) is 10.9 Å². The quantitative estimate of drug-likeness (QED) is 0.774. The molecule has 0 radical (unpaired) electrons. The van der Waals surface area contributed by atoms with Crippen molar-refractivity contribution in [2.45, 2.75) is 13.0 Å². The van der Waals surface area contributed by atoms with E-state index in [1.54, 1.807) is 11.0 Å². The van der Waals surface area contributed by atoms with Gasteiger partial charge in [0.1, 0.15) is 12.7 Å². The number of nitrogens with one attached hydrogen (secondary N) is 1. The Balaban J connectivity index is 1.74. The summed E-state index contributed by atoms with van der Waals surface area (Å²) in [4.78, 5) is 7.70. The first kappa shape index (κ1) is 7.59. The Morgan fingerprint density at radius 2 is 2.30 bits per heavy atom. The molecule has 5 nitrogen and oxygen atoms in total. The monoisotopic (exact) mass is 275 g/mol. The van der Waals surface area contributed by atoms with Gasteiger partial charge in [-0.3, -0.25) is 0 Å². The molecule has 0 saturated heterocycles. The molecule has 0 aliphatic heterocycles. The molecule has 3 aromatic rings. The Morgan fingerprint density at radius 3 is 3.10 bits per heavy atom. The number of hydrogen-bond acceptors (Lipinski definition) is 3. The summed E-state index contributed by atoms with van der Waals surface area (Å²) in [7, 11) is 0. The number of H-pyrrole nitrogens is 1. The molecule has 1 N–H and O–H groups in total. The van der Waals surface area contributed by atoms with E-state index in [1.807, 2.05) is 24.3 Å². The number of aromatic amines is 1. The Kier molecular flexibility index (Phi) is 2.07. The van der Waals surface area contributed by atoms with Crippen molar-refractivity contribution in [3.63, 3.8) is 0 Å². The standard InChI is InChI=1S/C15H19N5/c1-19(2)6-5-14-8-13-7-12(3-4-15(13)18-14)9-20-11-16-10-17-20/h3-4,7-8,10-11,18H,5-6,9H2,1-2H3/i1D3,2D3. The van der Waals surface area contributed by atoms with Crippen molar-refractivity contribution in [2.24, 2.45) is 0 Å². The summed E-state index contributed by atoms with van der Waals surface area (Å²) >= 11 is 0. The Morgan fingerprint density at radius 1 is 1.35 bits per heavy atom. The maximum atomic E-state index is 7.42. The lowest BCUT2D eigenvalue weighted by atomic mass is 10.1. The van der Waals surface area contributed by atoms with Gasteiger partial charge >= 0.3 is 0 Å². The molecule has 0 spiro atoms. The van der Waals surface area contributed by atoms with E-state index in [0.29, 0.717) is 17.9 Å². The predicted octanol–water partition coefficient (Wildman–Crippen LogP) is 1.91. The molecule has 0 fully saturated rings. The average molecular weight is 275 g/mol. The van der Waals surface area contributed by atoms with Crippen LogP contribution >= 0.6 is 0 Å². The van der Waals surface area contributed by atoms with E-state index in [1.165, 1.54) is 6.33 Å². The molecule has 2 heterocycles. The normalized spacial score (nSPS) is 17.2. The van der Waals surface area contributed by atoms with Gasteiger partial charge in [-0.15, -0.1) is 0 Å². The molecule has 0 bridgehead atoms. The molecule has 0 saturated carbocycles. The van der Waals surface area contributed by atoms with Gasteiger partial charge in [0.05, 0.1) is 6.54 Å². The van der Waals surface area contributed by atoms with Crippen molar-refractivity contribution in [3.8, 4) is 0 Å². The van der Waals surface area contributed by atoms with Crippen LogP contribution in [0.4, 0.5) is 0 Å². The van der Waals surface area contributed by atoms with Crippen LogP contribution < -0.4 is 0 Å². The van der Waals surface area contributed by atoms with Crippen LogP contribution in [0.15, 0.2) is 36.9 Å². The zero-order valence-corrected chi connectivity index (χ0v) is 10.9. The minimum atomic E-state index is -2.66. The van der Waals surface area contributed by atoms with Gasteiger partial charge in [-0.25, -0.2) is 9.67 Å². The minimum absolute atomic E-state index is 0.0916. The number of nitrogens with zero attached hydrogens (tertiary/aromatic N) is 4. The van der Waals surface area contributed by atoms with Gasteiger partial charge in [0, 0.05) is 32.4 Å². The molecule has 5 heteroatoms. The molecule has 0 atom stereocenters. The number of likely N-dealkylation sites (N-methyl/N-ethyl adjacent to an activating group) is 1. The number of rotatable bonds is 5. The van der Waals surface area contributed by atoms with Crippen LogP contribution in [0.2, 0.25) is 0 Å². The summed E-state index contributed by atoms with van der Waals surface area (Å²) in [5.74, 6) is 0. The zero-order valence-electron chi connectivity index (χ0n) is 16.9. The molecule has 20 heavy (non-hydrogen) atoms. The van der Waals surface area contributed by atoms with Crippen molar-refractivity contribution in [3.05, 3.63) is 48.2 Å². The lowest BCUT2D eigenvalue weighted by molar-refractivity contribution is 0.412. The molecule has 0 aliphatic carbocycles. The highest BCUT2D eigenvalue weighted by Crippen LogP contribution is 2.18. The van der Waals surface area contributed by atoms with Gasteiger partial charge in [-0.05, 0) is 43.1 Å².